The van der Waals surface area contributed by atoms with Gasteiger partial charge in [-0.1, -0.05) is 18.2 Å². The Hall–Kier alpha value is -1.51. The largest absolute Gasteiger partial charge is 0.480 e. The fraction of sp³-hybridized carbons (Fsp3) is 0.476. The molecule has 1 saturated heterocycles. The molecule has 0 bridgehead atoms. The van der Waals surface area contributed by atoms with Crippen LogP contribution in [-0.2, 0) is 9.53 Å². The average Bonchev–Trinajstić information content (AvgIpc) is 2.69. The molecule has 3 rings (SSSR count). The van der Waals surface area contributed by atoms with Crippen LogP contribution in [0.15, 0.2) is 48.3 Å². The number of carbonyl (C=O) groups is 1. The number of ether oxygens (including phenoxy) is 1. The Morgan fingerprint density at radius 1 is 1.13 bits per heavy atom. The van der Waals surface area contributed by atoms with Crippen LogP contribution in [0.25, 0.3) is 0 Å². The van der Waals surface area contributed by atoms with E-state index in [2.05, 4.69) is 9.80 Å². The van der Waals surface area contributed by atoms with Crippen LogP contribution in [0.2, 0.25) is 0 Å². The van der Waals surface area contributed by atoms with Crippen LogP contribution in [0.5, 0.6) is 0 Å². The molecule has 1 fully saturated rings. The Morgan fingerprint density at radius 3 is 2.37 bits per heavy atom. The number of hydrogen-bond donors (Lipinski definition) is 1. The normalized spacial score (nSPS) is 20.6. The highest BCUT2D eigenvalue weighted by Crippen LogP contribution is 2.35. The quantitative estimate of drug-likeness (QED) is 0.592. The first kappa shape index (κ1) is 26.5. The smallest absolute Gasteiger partial charge is 0.329 e. The summed E-state index contributed by atoms with van der Waals surface area (Å²) in [6.07, 6.45) is 5.65. The summed E-state index contributed by atoms with van der Waals surface area (Å²) in [5.74, 6) is -1.30. The van der Waals surface area contributed by atoms with Gasteiger partial charge in [-0.15, -0.1) is 24.8 Å². The van der Waals surface area contributed by atoms with Gasteiger partial charge in [0.25, 0.3) is 0 Å². The van der Waals surface area contributed by atoms with Gasteiger partial charge in [-0.3, -0.25) is 9.80 Å². The molecule has 1 aliphatic carbocycles. The summed E-state index contributed by atoms with van der Waals surface area (Å²) in [5.41, 5.74) is 1.03. The van der Waals surface area contributed by atoms with Crippen molar-refractivity contribution in [1.82, 2.24) is 9.80 Å². The van der Waals surface area contributed by atoms with E-state index in [4.69, 9.17) is 9.84 Å². The van der Waals surface area contributed by atoms with Crippen molar-refractivity contribution in [3.63, 3.8) is 0 Å². The molecule has 1 aromatic carbocycles. The number of hydrogen-bond acceptors (Lipinski definition) is 4. The van der Waals surface area contributed by atoms with Crippen molar-refractivity contribution >= 4 is 30.8 Å². The second-order valence-corrected chi connectivity index (χ2v) is 7.17. The van der Waals surface area contributed by atoms with Crippen molar-refractivity contribution in [3.8, 4) is 0 Å². The summed E-state index contributed by atoms with van der Waals surface area (Å²) in [5, 5.41) is 8.61. The van der Waals surface area contributed by atoms with Gasteiger partial charge in [0.2, 0.25) is 0 Å². The number of halogens is 4. The highest BCUT2D eigenvalue weighted by Gasteiger charge is 2.30. The van der Waals surface area contributed by atoms with Gasteiger partial charge in [-0.25, -0.2) is 13.6 Å². The van der Waals surface area contributed by atoms with Crippen LogP contribution in [0.1, 0.15) is 18.0 Å². The van der Waals surface area contributed by atoms with Gasteiger partial charge in [0.05, 0.1) is 6.61 Å². The summed E-state index contributed by atoms with van der Waals surface area (Å²) < 4.78 is 31.9. The lowest BCUT2D eigenvalue weighted by atomic mass is 9.86. The van der Waals surface area contributed by atoms with Gasteiger partial charge in [-0.2, -0.15) is 0 Å². The highest BCUT2D eigenvalue weighted by molar-refractivity contribution is 5.85. The van der Waals surface area contributed by atoms with E-state index in [9.17, 15) is 13.6 Å². The summed E-state index contributed by atoms with van der Waals surface area (Å²) in [6.45, 7) is 4.16. The number of benzene rings is 1. The monoisotopic (exact) mass is 464 g/mol. The zero-order valence-electron chi connectivity index (χ0n) is 16.6. The Balaban J connectivity index is 0.00000225. The fourth-order valence-electron chi connectivity index (χ4n) is 3.85. The third-order valence-electron chi connectivity index (χ3n) is 5.28. The Bertz CT molecular complexity index is 723. The van der Waals surface area contributed by atoms with E-state index in [0.29, 0.717) is 19.6 Å². The zero-order chi connectivity index (χ0) is 19.9. The number of rotatable bonds is 8. The number of nitrogens with zero attached hydrogens (tertiary/aromatic N) is 2. The van der Waals surface area contributed by atoms with E-state index in [0.717, 1.165) is 31.7 Å². The first-order valence-electron chi connectivity index (χ1n) is 9.58. The number of allylic oxidation sites excluding steroid dienone is 3. The van der Waals surface area contributed by atoms with E-state index in [1.807, 2.05) is 18.2 Å². The maximum atomic E-state index is 13.4. The molecule has 1 heterocycles. The number of carboxylic acids is 1. The molecule has 0 aromatic heterocycles. The summed E-state index contributed by atoms with van der Waals surface area (Å²) >= 11 is 0. The average molecular weight is 465 g/mol. The van der Waals surface area contributed by atoms with Crippen molar-refractivity contribution in [3.05, 3.63) is 59.7 Å². The lowest BCUT2D eigenvalue weighted by Crippen LogP contribution is -2.49. The molecule has 30 heavy (non-hydrogen) atoms. The van der Waals surface area contributed by atoms with E-state index >= 15 is 0 Å². The van der Waals surface area contributed by atoms with Crippen LogP contribution in [-0.4, -0.2) is 66.8 Å². The number of aliphatic carboxylic acids is 1. The minimum Gasteiger partial charge on any atom is -0.480 e. The maximum Gasteiger partial charge on any atom is 0.329 e. The van der Waals surface area contributed by atoms with Crippen molar-refractivity contribution in [2.24, 2.45) is 5.92 Å². The maximum absolute atomic E-state index is 13.4. The molecular formula is C21H28Cl2F2N2O3. The molecule has 0 amide bonds. The standard InChI is InChI=1S/C21H26F2N2O3.2ClH/c22-18-5-1-16(2-6-18)21(17-3-7-19(23)8-4-17)25-11-9-24(10-12-25)13-14-28-15-20(26)27;;/h1-3,5-8,17,21H,4,9-15H2,(H,26,27);2*1H. The van der Waals surface area contributed by atoms with Crippen LogP contribution in [0.4, 0.5) is 8.78 Å². The van der Waals surface area contributed by atoms with Gasteiger partial charge in [0, 0.05) is 44.7 Å². The van der Waals surface area contributed by atoms with Crippen molar-refractivity contribution in [2.75, 3.05) is 45.9 Å². The molecule has 1 aromatic rings. The molecule has 9 heteroatoms. The Kier molecular flexibility index (Phi) is 11.5. The first-order valence-corrected chi connectivity index (χ1v) is 9.58. The molecule has 2 aliphatic rings. The fourth-order valence-corrected chi connectivity index (χ4v) is 3.85. The van der Waals surface area contributed by atoms with Gasteiger partial charge in [0.15, 0.2) is 0 Å². The summed E-state index contributed by atoms with van der Waals surface area (Å²) in [6, 6.07) is 6.64. The Morgan fingerprint density at radius 2 is 1.80 bits per heavy atom. The molecule has 0 saturated carbocycles. The highest BCUT2D eigenvalue weighted by atomic mass is 35.5. The zero-order valence-corrected chi connectivity index (χ0v) is 18.2. The molecule has 0 radical (unpaired) electrons. The SMILES string of the molecule is Cl.Cl.O=C(O)COCCN1CCN(C(c2ccc(F)cc2)C2C=CC(F)=CC2)CC1. The summed E-state index contributed by atoms with van der Waals surface area (Å²) in [7, 11) is 0. The lowest BCUT2D eigenvalue weighted by Gasteiger charge is -2.42. The first-order chi connectivity index (χ1) is 13.5. The predicted molar refractivity (Wildman–Crippen MR) is 117 cm³/mol. The second-order valence-electron chi connectivity index (χ2n) is 7.17. The topological polar surface area (TPSA) is 53.0 Å². The van der Waals surface area contributed by atoms with E-state index < -0.39 is 5.97 Å². The lowest BCUT2D eigenvalue weighted by molar-refractivity contribution is -0.142. The van der Waals surface area contributed by atoms with Crippen LogP contribution in [0.3, 0.4) is 0 Å². The van der Waals surface area contributed by atoms with E-state index in [1.54, 1.807) is 6.08 Å². The van der Waals surface area contributed by atoms with E-state index in [1.165, 1.54) is 18.2 Å². The van der Waals surface area contributed by atoms with Gasteiger partial charge in [0.1, 0.15) is 18.3 Å². The minimum atomic E-state index is -0.960. The molecule has 2 atom stereocenters. The molecule has 0 spiro atoms. The molecule has 1 N–H and O–H groups in total. The second kappa shape index (κ2) is 13.0. The number of carboxylic acid groups (broad SMARTS) is 1. The molecule has 5 nitrogen and oxygen atoms in total. The summed E-state index contributed by atoms with van der Waals surface area (Å²) in [4.78, 5) is 15.1. The number of piperazine rings is 1. The molecular weight excluding hydrogens is 437 g/mol. The van der Waals surface area contributed by atoms with Crippen molar-refractivity contribution in [2.45, 2.75) is 12.5 Å². The van der Waals surface area contributed by atoms with Gasteiger partial charge >= 0.3 is 5.97 Å². The van der Waals surface area contributed by atoms with Crippen molar-refractivity contribution in [1.29, 1.82) is 0 Å². The van der Waals surface area contributed by atoms with Crippen molar-refractivity contribution < 1.29 is 23.4 Å². The Labute approximate surface area is 188 Å². The predicted octanol–water partition coefficient (Wildman–Crippen LogP) is 3.86. The van der Waals surface area contributed by atoms with Gasteiger partial charge < -0.3 is 9.84 Å². The van der Waals surface area contributed by atoms with Crippen LogP contribution in [0, 0.1) is 11.7 Å². The van der Waals surface area contributed by atoms with Crippen LogP contribution >= 0.6 is 24.8 Å². The minimum absolute atomic E-state index is 0. The van der Waals surface area contributed by atoms with Gasteiger partial charge in [-0.05, 0) is 36.3 Å². The molecule has 168 valence electrons. The van der Waals surface area contributed by atoms with E-state index in [-0.39, 0.29) is 55.0 Å². The molecule has 1 aliphatic heterocycles. The molecule has 2 unspecified atom stereocenters. The van der Waals surface area contributed by atoms with Crippen LogP contribution < -0.4 is 0 Å². The third-order valence-corrected chi connectivity index (χ3v) is 5.28. The third kappa shape index (κ3) is 7.63.